The van der Waals surface area contributed by atoms with Gasteiger partial charge in [-0.25, -0.2) is 0 Å². The third-order valence-corrected chi connectivity index (χ3v) is 5.36. The summed E-state index contributed by atoms with van der Waals surface area (Å²) in [6, 6.07) is 14.7. The molecule has 0 saturated carbocycles. The maximum Gasteiger partial charge on any atom is 0.254 e. The van der Waals surface area contributed by atoms with E-state index in [2.05, 4.69) is 5.16 Å². The molecule has 0 radical (unpaired) electrons. The van der Waals surface area contributed by atoms with E-state index in [1.807, 2.05) is 30.3 Å². The van der Waals surface area contributed by atoms with Gasteiger partial charge in [0.2, 0.25) is 11.8 Å². The standard InChI is InChI=1S/C21H17N3O4/c25-18-8-9-19(26)24(18)15-11-23(12-15)21(27)14-6-7-17-16(10-14)20(28-22-17)13-4-2-1-3-5-13/h1-7,10,15H,8-9,11-12H2. The fourth-order valence-corrected chi connectivity index (χ4v) is 3.84. The van der Waals surface area contributed by atoms with Crippen molar-refractivity contribution in [1.29, 1.82) is 0 Å². The van der Waals surface area contributed by atoms with Crippen LogP contribution in [0, 0.1) is 0 Å². The topological polar surface area (TPSA) is 83.7 Å². The highest BCUT2D eigenvalue weighted by Gasteiger charge is 2.42. The molecule has 2 saturated heterocycles. The molecule has 0 unspecified atom stereocenters. The maximum atomic E-state index is 12.9. The molecule has 28 heavy (non-hydrogen) atoms. The normalized spacial score (nSPS) is 17.4. The van der Waals surface area contributed by atoms with E-state index in [1.165, 1.54) is 4.90 Å². The number of amides is 3. The van der Waals surface area contributed by atoms with Gasteiger partial charge >= 0.3 is 0 Å². The first-order chi connectivity index (χ1) is 13.6. The van der Waals surface area contributed by atoms with E-state index in [0.717, 1.165) is 10.9 Å². The van der Waals surface area contributed by atoms with Crippen LogP contribution in [0.15, 0.2) is 53.1 Å². The Morgan fingerprint density at radius 2 is 1.71 bits per heavy atom. The van der Waals surface area contributed by atoms with Crippen molar-refractivity contribution in [2.75, 3.05) is 13.1 Å². The molecule has 3 amide bonds. The summed E-state index contributed by atoms with van der Waals surface area (Å²) in [5.41, 5.74) is 2.11. The van der Waals surface area contributed by atoms with Crippen molar-refractivity contribution in [3.05, 3.63) is 54.1 Å². The number of carbonyl (C=O) groups excluding carboxylic acids is 3. The summed E-state index contributed by atoms with van der Waals surface area (Å²) in [5, 5.41) is 4.85. The summed E-state index contributed by atoms with van der Waals surface area (Å²) in [6.45, 7) is 0.757. The van der Waals surface area contributed by atoms with E-state index >= 15 is 0 Å². The van der Waals surface area contributed by atoms with E-state index in [0.29, 0.717) is 29.9 Å². The maximum absolute atomic E-state index is 12.9. The average molecular weight is 375 g/mol. The lowest BCUT2D eigenvalue weighted by molar-refractivity contribution is -0.144. The zero-order valence-electron chi connectivity index (χ0n) is 15.0. The number of benzene rings is 2. The molecular formula is C21H17N3O4. The van der Waals surface area contributed by atoms with E-state index in [9.17, 15) is 14.4 Å². The molecule has 140 valence electrons. The van der Waals surface area contributed by atoms with Crippen molar-refractivity contribution in [3.63, 3.8) is 0 Å². The molecule has 0 bridgehead atoms. The number of likely N-dealkylation sites (tertiary alicyclic amines) is 2. The molecule has 2 aromatic carbocycles. The molecule has 0 spiro atoms. The first-order valence-electron chi connectivity index (χ1n) is 9.21. The van der Waals surface area contributed by atoms with Crippen LogP contribution in [0.3, 0.4) is 0 Å². The number of rotatable bonds is 3. The third kappa shape index (κ3) is 2.58. The molecule has 2 aliphatic rings. The zero-order chi connectivity index (χ0) is 19.3. The molecule has 0 N–H and O–H groups in total. The number of hydrogen-bond acceptors (Lipinski definition) is 5. The molecular weight excluding hydrogens is 358 g/mol. The molecule has 5 rings (SSSR count). The summed E-state index contributed by atoms with van der Waals surface area (Å²) >= 11 is 0. The minimum atomic E-state index is -0.203. The molecule has 2 aliphatic heterocycles. The van der Waals surface area contributed by atoms with Crippen LogP contribution in [-0.2, 0) is 9.59 Å². The Morgan fingerprint density at radius 3 is 2.43 bits per heavy atom. The molecule has 3 aromatic rings. The van der Waals surface area contributed by atoms with Crippen LogP contribution in [0.4, 0.5) is 0 Å². The predicted molar refractivity (Wildman–Crippen MR) is 100 cm³/mol. The molecule has 2 fully saturated rings. The van der Waals surface area contributed by atoms with Gasteiger partial charge in [0.15, 0.2) is 5.76 Å². The van der Waals surface area contributed by atoms with Gasteiger partial charge in [-0.1, -0.05) is 35.5 Å². The first kappa shape index (κ1) is 16.7. The van der Waals surface area contributed by atoms with Crippen molar-refractivity contribution in [3.8, 4) is 11.3 Å². The van der Waals surface area contributed by atoms with Gasteiger partial charge in [0, 0.05) is 37.1 Å². The summed E-state index contributed by atoms with van der Waals surface area (Å²) in [6.07, 6.45) is 0.547. The lowest BCUT2D eigenvalue weighted by Crippen LogP contribution is -2.62. The van der Waals surface area contributed by atoms with Crippen molar-refractivity contribution in [1.82, 2.24) is 15.0 Å². The number of imide groups is 1. The predicted octanol–water partition coefficient (Wildman–Crippen LogP) is 2.47. The number of hydrogen-bond donors (Lipinski definition) is 0. The Morgan fingerprint density at radius 1 is 1.00 bits per heavy atom. The van der Waals surface area contributed by atoms with E-state index in [4.69, 9.17) is 4.52 Å². The van der Waals surface area contributed by atoms with E-state index in [-0.39, 0.29) is 36.6 Å². The largest absolute Gasteiger partial charge is 0.355 e. The van der Waals surface area contributed by atoms with E-state index < -0.39 is 0 Å². The molecule has 0 aliphatic carbocycles. The van der Waals surface area contributed by atoms with Crippen LogP contribution in [-0.4, -0.2) is 51.8 Å². The van der Waals surface area contributed by atoms with Crippen LogP contribution < -0.4 is 0 Å². The smallest absolute Gasteiger partial charge is 0.254 e. The van der Waals surface area contributed by atoms with Crippen LogP contribution in [0.25, 0.3) is 22.2 Å². The monoisotopic (exact) mass is 375 g/mol. The van der Waals surface area contributed by atoms with Gasteiger partial charge < -0.3 is 9.42 Å². The molecule has 3 heterocycles. The highest BCUT2D eigenvalue weighted by atomic mass is 16.5. The second-order valence-corrected chi connectivity index (χ2v) is 7.13. The SMILES string of the molecule is O=C(c1ccc2noc(-c3ccccc3)c2c1)N1CC(N2C(=O)CCC2=O)C1. The lowest BCUT2D eigenvalue weighted by atomic mass is 10.0. The molecule has 7 nitrogen and oxygen atoms in total. The number of aromatic nitrogens is 1. The number of nitrogens with zero attached hydrogens (tertiary/aromatic N) is 3. The highest BCUT2D eigenvalue weighted by Crippen LogP contribution is 2.30. The fourth-order valence-electron chi connectivity index (χ4n) is 3.84. The summed E-state index contributed by atoms with van der Waals surface area (Å²) < 4.78 is 5.49. The van der Waals surface area contributed by atoms with Crippen LogP contribution in [0.1, 0.15) is 23.2 Å². The zero-order valence-corrected chi connectivity index (χ0v) is 15.0. The van der Waals surface area contributed by atoms with E-state index in [1.54, 1.807) is 23.1 Å². The lowest BCUT2D eigenvalue weighted by Gasteiger charge is -2.43. The van der Waals surface area contributed by atoms with Gasteiger partial charge in [0.05, 0.1) is 11.4 Å². The van der Waals surface area contributed by atoms with Gasteiger partial charge in [0.25, 0.3) is 5.91 Å². The van der Waals surface area contributed by atoms with Crippen LogP contribution >= 0.6 is 0 Å². The second kappa shape index (κ2) is 6.30. The second-order valence-electron chi connectivity index (χ2n) is 7.13. The Hall–Kier alpha value is -3.48. The van der Waals surface area contributed by atoms with Crippen molar-refractivity contribution in [2.45, 2.75) is 18.9 Å². The molecule has 0 atom stereocenters. The van der Waals surface area contributed by atoms with Gasteiger partial charge in [-0.15, -0.1) is 0 Å². The minimum Gasteiger partial charge on any atom is -0.355 e. The molecule has 1 aromatic heterocycles. The third-order valence-electron chi connectivity index (χ3n) is 5.36. The minimum absolute atomic E-state index is 0.127. The summed E-state index contributed by atoms with van der Waals surface area (Å²) in [7, 11) is 0. The quantitative estimate of drug-likeness (QED) is 0.657. The van der Waals surface area contributed by atoms with Gasteiger partial charge in [-0.2, -0.15) is 0 Å². The van der Waals surface area contributed by atoms with Crippen LogP contribution in [0.2, 0.25) is 0 Å². The summed E-state index contributed by atoms with van der Waals surface area (Å²) in [4.78, 5) is 39.5. The average Bonchev–Trinajstić information content (AvgIpc) is 3.25. The number of fused-ring (bicyclic) bond motifs is 1. The fraction of sp³-hybridized carbons (Fsp3) is 0.238. The van der Waals surface area contributed by atoms with Gasteiger partial charge in [-0.05, 0) is 18.2 Å². The number of carbonyl (C=O) groups is 3. The van der Waals surface area contributed by atoms with Gasteiger partial charge in [0.1, 0.15) is 5.52 Å². The van der Waals surface area contributed by atoms with Crippen molar-refractivity contribution in [2.24, 2.45) is 0 Å². The van der Waals surface area contributed by atoms with Gasteiger partial charge in [-0.3, -0.25) is 19.3 Å². The van der Waals surface area contributed by atoms with Crippen molar-refractivity contribution >= 4 is 28.6 Å². The van der Waals surface area contributed by atoms with Crippen LogP contribution in [0.5, 0.6) is 0 Å². The highest BCUT2D eigenvalue weighted by molar-refractivity contribution is 6.04. The van der Waals surface area contributed by atoms with Crippen molar-refractivity contribution < 1.29 is 18.9 Å². The molecule has 7 heteroatoms. The Labute approximate surface area is 160 Å². The Bertz CT molecular complexity index is 1080. The Balaban J connectivity index is 1.37. The summed E-state index contributed by atoms with van der Waals surface area (Å²) in [5.74, 6) is 0.221. The Kier molecular flexibility index (Phi) is 3.75. The first-order valence-corrected chi connectivity index (χ1v) is 9.21.